The van der Waals surface area contributed by atoms with Crippen molar-refractivity contribution in [1.82, 2.24) is 20.1 Å². The number of halogens is 2. The first kappa shape index (κ1) is 20.8. The van der Waals surface area contributed by atoms with Gasteiger partial charge in [-0.1, -0.05) is 6.92 Å². The molecule has 1 amide bonds. The maximum atomic E-state index is 13.0. The van der Waals surface area contributed by atoms with Gasteiger partial charge < -0.3 is 19.5 Å². The van der Waals surface area contributed by atoms with Crippen LogP contribution in [-0.4, -0.2) is 34.1 Å². The average Bonchev–Trinajstić information content (AvgIpc) is 3.36. The lowest BCUT2D eigenvalue weighted by Gasteiger charge is -2.14. The molecule has 8 nitrogen and oxygen atoms in total. The molecule has 1 aliphatic rings. The fourth-order valence-corrected chi connectivity index (χ4v) is 3.41. The number of carbonyl (C=O) groups excluding carboxylic acids is 1. The third-order valence-corrected chi connectivity index (χ3v) is 5.16. The van der Waals surface area contributed by atoms with Crippen molar-refractivity contribution >= 4 is 16.9 Å². The molecule has 1 aliphatic heterocycles. The van der Waals surface area contributed by atoms with Crippen molar-refractivity contribution in [3.63, 3.8) is 0 Å². The topological polar surface area (TPSA) is 87.5 Å². The van der Waals surface area contributed by atoms with Gasteiger partial charge in [0.2, 0.25) is 6.79 Å². The Bertz CT molecular complexity index is 1130. The largest absolute Gasteiger partial charge is 0.454 e. The van der Waals surface area contributed by atoms with Crippen molar-refractivity contribution in [2.75, 3.05) is 6.79 Å². The second kappa shape index (κ2) is 8.37. The molecular formula is C21H22F2N4O4. The molecule has 0 radical (unpaired) electrons. The van der Waals surface area contributed by atoms with Crippen molar-refractivity contribution in [3.8, 4) is 17.2 Å². The number of aromatic nitrogens is 3. The van der Waals surface area contributed by atoms with Crippen molar-refractivity contribution < 1.29 is 27.8 Å². The summed E-state index contributed by atoms with van der Waals surface area (Å²) < 4.78 is 42.6. The number of alkyl halides is 2. The summed E-state index contributed by atoms with van der Waals surface area (Å²) in [4.78, 5) is 17.5. The number of pyridine rings is 1. The fourth-order valence-electron chi connectivity index (χ4n) is 3.41. The van der Waals surface area contributed by atoms with Crippen LogP contribution in [0.4, 0.5) is 8.78 Å². The summed E-state index contributed by atoms with van der Waals surface area (Å²) in [5.74, 6) is 0.262. The minimum atomic E-state index is -3.01. The number of amides is 1. The van der Waals surface area contributed by atoms with Crippen LogP contribution >= 0.6 is 0 Å². The molecule has 10 heteroatoms. The number of rotatable bonds is 7. The molecule has 0 bridgehead atoms. The van der Waals surface area contributed by atoms with Gasteiger partial charge in [-0.15, -0.1) is 0 Å². The van der Waals surface area contributed by atoms with E-state index in [1.807, 2.05) is 13.8 Å². The quantitative estimate of drug-likeness (QED) is 0.608. The summed E-state index contributed by atoms with van der Waals surface area (Å²) in [5, 5.41) is 7.79. The SMILES string of the molecule is CCC(C)n1ncc2c(C(=O)NCc3cc4c(cc3OC(F)F)OCO4)cc(C)nc21. The first-order chi connectivity index (χ1) is 14.9. The van der Waals surface area contributed by atoms with Gasteiger partial charge in [0.25, 0.3) is 5.91 Å². The third-order valence-electron chi connectivity index (χ3n) is 5.16. The van der Waals surface area contributed by atoms with Crippen molar-refractivity contribution in [3.05, 3.63) is 41.2 Å². The lowest BCUT2D eigenvalue weighted by molar-refractivity contribution is -0.0505. The zero-order valence-corrected chi connectivity index (χ0v) is 17.3. The fraction of sp³-hybridized carbons (Fsp3) is 0.381. The molecule has 0 aliphatic carbocycles. The monoisotopic (exact) mass is 432 g/mol. The van der Waals surface area contributed by atoms with Crippen LogP contribution in [0.15, 0.2) is 24.4 Å². The lowest BCUT2D eigenvalue weighted by Crippen LogP contribution is -2.24. The Labute approximate surface area is 177 Å². The highest BCUT2D eigenvalue weighted by Crippen LogP contribution is 2.38. The number of fused-ring (bicyclic) bond motifs is 2. The van der Waals surface area contributed by atoms with E-state index in [4.69, 9.17) is 9.47 Å². The normalized spacial score (nSPS) is 13.6. The maximum Gasteiger partial charge on any atom is 0.387 e. The van der Waals surface area contributed by atoms with Gasteiger partial charge in [-0.05, 0) is 32.4 Å². The highest BCUT2D eigenvalue weighted by molar-refractivity contribution is 6.05. The summed E-state index contributed by atoms with van der Waals surface area (Å²) >= 11 is 0. The highest BCUT2D eigenvalue weighted by atomic mass is 19.3. The number of ether oxygens (including phenoxy) is 3. The Kier molecular flexibility index (Phi) is 5.62. The van der Waals surface area contributed by atoms with Crippen molar-refractivity contribution in [2.45, 2.75) is 46.4 Å². The maximum absolute atomic E-state index is 13.0. The molecule has 1 N–H and O–H groups in total. The Hall–Kier alpha value is -3.43. The van der Waals surface area contributed by atoms with E-state index in [2.05, 4.69) is 20.1 Å². The van der Waals surface area contributed by atoms with Crippen LogP contribution in [0.1, 0.15) is 47.9 Å². The van der Waals surface area contributed by atoms with E-state index in [0.29, 0.717) is 39.4 Å². The van der Waals surface area contributed by atoms with E-state index >= 15 is 0 Å². The van der Waals surface area contributed by atoms with Crippen LogP contribution in [0.5, 0.6) is 17.2 Å². The molecule has 3 aromatic rings. The van der Waals surface area contributed by atoms with Crippen LogP contribution in [0.25, 0.3) is 11.0 Å². The Balaban J connectivity index is 1.61. The van der Waals surface area contributed by atoms with Gasteiger partial charge in [0.1, 0.15) is 5.75 Å². The smallest absolute Gasteiger partial charge is 0.387 e. The van der Waals surface area contributed by atoms with Gasteiger partial charge in [-0.25, -0.2) is 9.67 Å². The Morgan fingerprint density at radius 2 is 2.03 bits per heavy atom. The standard InChI is InChI=1S/C21H22F2N4O4/c1-4-12(3)27-19-15(9-25-27)14(5-11(2)26-19)20(28)24-8-13-6-17-18(30-10-29-17)7-16(13)31-21(22)23/h5-7,9,12,21H,4,8,10H2,1-3H3,(H,24,28). The number of benzene rings is 1. The van der Waals surface area contributed by atoms with E-state index in [1.165, 1.54) is 12.1 Å². The molecule has 31 heavy (non-hydrogen) atoms. The van der Waals surface area contributed by atoms with E-state index < -0.39 is 6.61 Å². The second-order valence-electron chi connectivity index (χ2n) is 7.27. The van der Waals surface area contributed by atoms with E-state index in [0.717, 1.165) is 6.42 Å². The predicted octanol–water partition coefficient (Wildman–Crippen LogP) is 3.97. The molecule has 0 saturated carbocycles. The van der Waals surface area contributed by atoms with Crippen LogP contribution < -0.4 is 19.5 Å². The van der Waals surface area contributed by atoms with E-state index in [-0.39, 0.29) is 31.0 Å². The molecule has 1 aromatic carbocycles. The van der Waals surface area contributed by atoms with Gasteiger partial charge in [-0.2, -0.15) is 13.9 Å². The number of nitrogens with zero attached hydrogens (tertiary/aromatic N) is 3. The molecular weight excluding hydrogens is 410 g/mol. The third kappa shape index (κ3) is 4.10. The number of hydrogen-bond donors (Lipinski definition) is 1. The average molecular weight is 432 g/mol. The summed E-state index contributed by atoms with van der Waals surface area (Å²) in [7, 11) is 0. The molecule has 164 valence electrons. The van der Waals surface area contributed by atoms with Crippen LogP contribution in [0.3, 0.4) is 0 Å². The zero-order chi connectivity index (χ0) is 22.1. The van der Waals surface area contributed by atoms with E-state index in [1.54, 1.807) is 23.9 Å². The molecule has 0 fully saturated rings. The first-order valence-corrected chi connectivity index (χ1v) is 9.87. The molecule has 4 rings (SSSR count). The zero-order valence-electron chi connectivity index (χ0n) is 17.3. The number of nitrogens with one attached hydrogen (secondary N) is 1. The number of aryl methyl sites for hydroxylation is 1. The predicted molar refractivity (Wildman–Crippen MR) is 108 cm³/mol. The lowest BCUT2D eigenvalue weighted by atomic mass is 10.1. The summed E-state index contributed by atoms with van der Waals surface area (Å²) in [6, 6.07) is 4.66. The first-order valence-electron chi connectivity index (χ1n) is 9.87. The van der Waals surface area contributed by atoms with Gasteiger partial charge in [0.05, 0.1) is 23.2 Å². The van der Waals surface area contributed by atoms with Gasteiger partial charge in [0, 0.05) is 23.9 Å². The van der Waals surface area contributed by atoms with Crippen molar-refractivity contribution in [2.24, 2.45) is 0 Å². The van der Waals surface area contributed by atoms with Gasteiger partial charge >= 0.3 is 6.61 Å². The summed E-state index contributed by atoms with van der Waals surface area (Å²) in [6.07, 6.45) is 2.49. The van der Waals surface area contributed by atoms with Gasteiger partial charge in [-0.3, -0.25) is 4.79 Å². The highest BCUT2D eigenvalue weighted by Gasteiger charge is 2.22. The molecule has 1 atom stereocenters. The molecule has 0 spiro atoms. The van der Waals surface area contributed by atoms with Crippen LogP contribution in [0.2, 0.25) is 0 Å². The van der Waals surface area contributed by atoms with Crippen molar-refractivity contribution in [1.29, 1.82) is 0 Å². The minimum absolute atomic E-state index is 0.00624. The molecule has 2 aromatic heterocycles. The number of hydrogen-bond acceptors (Lipinski definition) is 6. The summed E-state index contributed by atoms with van der Waals surface area (Å²) in [6.45, 7) is 2.82. The van der Waals surface area contributed by atoms with Gasteiger partial charge in [0.15, 0.2) is 17.1 Å². The van der Waals surface area contributed by atoms with Crippen LogP contribution in [-0.2, 0) is 6.54 Å². The summed E-state index contributed by atoms with van der Waals surface area (Å²) in [5.41, 5.74) is 2.06. The molecule has 0 saturated heterocycles. The molecule has 3 heterocycles. The molecule has 1 unspecified atom stereocenters. The Morgan fingerprint density at radius 3 is 2.74 bits per heavy atom. The Morgan fingerprint density at radius 1 is 1.29 bits per heavy atom. The van der Waals surface area contributed by atoms with Crippen LogP contribution in [0, 0.1) is 6.92 Å². The second-order valence-corrected chi connectivity index (χ2v) is 7.27. The van der Waals surface area contributed by atoms with E-state index in [9.17, 15) is 13.6 Å². The minimum Gasteiger partial charge on any atom is -0.454 e. The number of carbonyl (C=O) groups is 1.